The summed E-state index contributed by atoms with van der Waals surface area (Å²) in [7, 11) is 0. The van der Waals surface area contributed by atoms with Crippen LogP contribution < -0.4 is 10.1 Å². The number of anilines is 1. The average Bonchev–Trinajstić information content (AvgIpc) is 2.71. The third-order valence-electron chi connectivity index (χ3n) is 4.87. The Hall–Kier alpha value is -2.89. The van der Waals surface area contributed by atoms with Crippen molar-refractivity contribution in [2.45, 2.75) is 33.1 Å². The molecule has 6 nitrogen and oxygen atoms in total. The van der Waals surface area contributed by atoms with Crippen LogP contribution in [0, 0.1) is 5.92 Å². The Morgan fingerprint density at radius 3 is 3.00 bits per heavy atom. The van der Waals surface area contributed by atoms with Gasteiger partial charge in [0.1, 0.15) is 5.75 Å². The molecule has 0 saturated carbocycles. The summed E-state index contributed by atoms with van der Waals surface area (Å²) in [6, 6.07) is 11.6. The summed E-state index contributed by atoms with van der Waals surface area (Å²) in [6.45, 7) is 6.45. The van der Waals surface area contributed by atoms with Crippen LogP contribution in [0.15, 0.2) is 48.2 Å². The monoisotopic (exact) mass is 380 g/mol. The van der Waals surface area contributed by atoms with Crippen molar-refractivity contribution in [1.29, 1.82) is 0 Å². The zero-order valence-electron chi connectivity index (χ0n) is 16.6. The second-order valence-electron chi connectivity index (χ2n) is 7.13. The molecule has 2 heterocycles. The third kappa shape index (κ3) is 5.55. The number of amides is 2. The molecule has 0 aliphatic carbocycles. The van der Waals surface area contributed by atoms with Gasteiger partial charge in [-0.15, -0.1) is 5.10 Å². The van der Waals surface area contributed by atoms with Gasteiger partial charge in [-0.25, -0.2) is 4.79 Å². The third-order valence-corrected chi connectivity index (χ3v) is 4.87. The lowest BCUT2D eigenvalue weighted by atomic mass is 9.91. The van der Waals surface area contributed by atoms with Crippen LogP contribution in [0.3, 0.4) is 0 Å². The molecular formula is C22H28N4O2. The maximum atomic E-state index is 12.5. The molecule has 1 saturated heterocycles. The van der Waals surface area contributed by atoms with E-state index < -0.39 is 0 Å². The van der Waals surface area contributed by atoms with Gasteiger partial charge in [-0.1, -0.05) is 44.1 Å². The van der Waals surface area contributed by atoms with Crippen molar-refractivity contribution < 1.29 is 9.53 Å². The van der Waals surface area contributed by atoms with E-state index in [1.807, 2.05) is 17.0 Å². The number of carbonyl (C=O) groups excluding carboxylic acids is 1. The average molecular weight is 380 g/mol. The van der Waals surface area contributed by atoms with Crippen LogP contribution in [0.4, 0.5) is 10.6 Å². The van der Waals surface area contributed by atoms with Crippen LogP contribution in [-0.2, 0) is 0 Å². The number of benzene rings is 1. The predicted octanol–water partition coefficient (Wildman–Crippen LogP) is 4.61. The number of likely N-dealkylation sites (tertiary alicyclic amines) is 1. The second kappa shape index (κ2) is 9.88. The highest BCUT2D eigenvalue weighted by molar-refractivity contribution is 5.88. The van der Waals surface area contributed by atoms with Gasteiger partial charge in [0.05, 0.1) is 6.61 Å². The molecule has 0 bridgehead atoms. The second-order valence-corrected chi connectivity index (χ2v) is 7.13. The summed E-state index contributed by atoms with van der Waals surface area (Å²) < 4.78 is 5.81. The molecule has 1 aliphatic rings. The Balaban J connectivity index is 1.59. The predicted molar refractivity (Wildman–Crippen MR) is 111 cm³/mol. The Morgan fingerprint density at radius 1 is 1.36 bits per heavy atom. The SMILES string of the molecule is CCCCOc1cccc(/C=C2\CCN(C(=O)Nc3cccnn3)CC2C)c1. The number of rotatable bonds is 6. The number of carbonyl (C=O) groups is 1. The molecule has 1 atom stereocenters. The normalized spacial score (nSPS) is 18.1. The van der Waals surface area contributed by atoms with Gasteiger partial charge in [0.25, 0.3) is 0 Å². The van der Waals surface area contributed by atoms with Gasteiger partial charge in [0.2, 0.25) is 0 Å². The molecule has 1 fully saturated rings. The van der Waals surface area contributed by atoms with Crippen molar-refractivity contribution in [2.75, 3.05) is 25.0 Å². The molecule has 1 aromatic heterocycles. The molecule has 1 unspecified atom stereocenters. The van der Waals surface area contributed by atoms with Crippen molar-refractivity contribution in [3.63, 3.8) is 0 Å². The van der Waals surface area contributed by atoms with Crippen LogP contribution in [0.2, 0.25) is 0 Å². The standard InChI is InChI=1S/C22H28N4O2/c1-3-4-13-28-20-8-5-7-18(15-20)14-19-10-12-26(16-17(19)2)22(27)24-21-9-6-11-23-25-21/h5-9,11,14-15,17H,3-4,10,12-13,16H2,1-2H3,(H,24,25,27)/b19-14+. The van der Waals surface area contributed by atoms with Crippen LogP contribution in [-0.4, -0.2) is 40.8 Å². The molecule has 0 spiro atoms. The van der Waals surface area contributed by atoms with Crippen LogP contribution in [0.25, 0.3) is 6.08 Å². The number of nitrogens with one attached hydrogen (secondary N) is 1. The van der Waals surface area contributed by atoms with Crippen molar-refractivity contribution in [2.24, 2.45) is 5.92 Å². The number of aromatic nitrogens is 2. The first-order valence-corrected chi connectivity index (χ1v) is 9.92. The first kappa shape index (κ1) is 19.9. The number of ether oxygens (including phenoxy) is 1. The first-order chi connectivity index (χ1) is 13.7. The number of urea groups is 1. The van der Waals surface area contributed by atoms with Crippen molar-refractivity contribution in [3.05, 3.63) is 53.7 Å². The fraction of sp³-hybridized carbons (Fsp3) is 0.409. The van der Waals surface area contributed by atoms with Crippen molar-refractivity contribution in [1.82, 2.24) is 15.1 Å². The number of hydrogen-bond acceptors (Lipinski definition) is 4. The fourth-order valence-corrected chi connectivity index (χ4v) is 3.25. The van der Waals surface area contributed by atoms with Gasteiger partial charge in [0.15, 0.2) is 5.82 Å². The fourth-order valence-electron chi connectivity index (χ4n) is 3.25. The maximum absolute atomic E-state index is 12.5. The highest BCUT2D eigenvalue weighted by Gasteiger charge is 2.24. The van der Waals surface area contributed by atoms with E-state index >= 15 is 0 Å². The number of piperidine rings is 1. The molecule has 28 heavy (non-hydrogen) atoms. The molecule has 6 heteroatoms. The van der Waals surface area contributed by atoms with Gasteiger partial charge >= 0.3 is 6.03 Å². The summed E-state index contributed by atoms with van der Waals surface area (Å²) in [6.07, 6.45) is 6.86. The lowest BCUT2D eigenvalue weighted by Crippen LogP contribution is -2.42. The van der Waals surface area contributed by atoms with Crippen LogP contribution in [0.1, 0.15) is 38.7 Å². The molecule has 1 aromatic carbocycles. The summed E-state index contributed by atoms with van der Waals surface area (Å²) in [5.41, 5.74) is 2.50. The van der Waals surface area contributed by atoms with E-state index in [0.717, 1.165) is 37.2 Å². The largest absolute Gasteiger partial charge is 0.494 e. The molecule has 3 rings (SSSR count). The highest BCUT2D eigenvalue weighted by atomic mass is 16.5. The smallest absolute Gasteiger partial charge is 0.323 e. The zero-order valence-corrected chi connectivity index (χ0v) is 16.6. The minimum Gasteiger partial charge on any atom is -0.494 e. The summed E-state index contributed by atoms with van der Waals surface area (Å²) >= 11 is 0. The summed E-state index contributed by atoms with van der Waals surface area (Å²) in [5.74, 6) is 1.68. The molecule has 1 aliphatic heterocycles. The lowest BCUT2D eigenvalue weighted by molar-refractivity contribution is 0.197. The molecule has 2 aromatic rings. The molecule has 148 valence electrons. The van der Waals surface area contributed by atoms with E-state index in [0.29, 0.717) is 24.8 Å². The number of nitrogens with zero attached hydrogens (tertiary/aromatic N) is 3. The van der Waals surface area contributed by atoms with Gasteiger partial charge in [-0.2, -0.15) is 5.10 Å². The quantitative estimate of drug-likeness (QED) is 0.743. The van der Waals surface area contributed by atoms with Gasteiger partial charge in [-0.05, 0) is 48.6 Å². The van der Waals surface area contributed by atoms with E-state index in [4.69, 9.17) is 4.74 Å². The molecular weight excluding hydrogens is 352 g/mol. The molecule has 2 amide bonds. The van der Waals surface area contributed by atoms with E-state index in [2.05, 4.69) is 47.6 Å². The Bertz CT molecular complexity index is 807. The molecule has 0 radical (unpaired) electrons. The van der Waals surface area contributed by atoms with Gasteiger partial charge in [0, 0.05) is 19.3 Å². The highest BCUT2D eigenvalue weighted by Crippen LogP contribution is 2.26. The van der Waals surface area contributed by atoms with E-state index in [9.17, 15) is 4.79 Å². The van der Waals surface area contributed by atoms with Crippen LogP contribution >= 0.6 is 0 Å². The number of unbranched alkanes of at least 4 members (excludes halogenated alkanes) is 1. The maximum Gasteiger partial charge on any atom is 0.323 e. The Morgan fingerprint density at radius 2 is 2.25 bits per heavy atom. The lowest BCUT2D eigenvalue weighted by Gasteiger charge is -2.33. The number of hydrogen-bond donors (Lipinski definition) is 1. The van der Waals surface area contributed by atoms with Crippen molar-refractivity contribution in [3.8, 4) is 5.75 Å². The van der Waals surface area contributed by atoms with Crippen molar-refractivity contribution >= 4 is 17.9 Å². The van der Waals surface area contributed by atoms with Gasteiger partial charge in [-0.3, -0.25) is 5.32 Å². The summed E-state index contributed by atoms with van der Waals surface area (Å²) in [5, 5.41) is 10.5. The minimum absolute atomic E-state index is 0.127. The first-order valence-electron chi connectivity index (χ1n) is 9.92. The molecule has 1 N–H and O–H groups in total. The minimum atomic E-state index is -0.127. The Kier molecular flexibility index (Phi) is 7.00. The van der Waals surface area contributed by atoms with E-state index in [1.165, 1.54) is 5.57 Å². The Labute approximate surface area is 166 Å². The van der Waals surface area contributed by atoms with E-state index in [-0.39, 0.29) is 6.03 Å². The van der Waals surface area contributed by atoms with E-state index in [1.54, 1.807) is 18.3 Å². The van der Waals surface area contributed by atoms with Crippen LogP contribution in [0.5, 0.6) is 5.75 Å². The summed E-state index contributed by atoms with van der Waals surface area (Å²) in [4.78, 5) is 14.3. The van der Waals surface area contributed by atoms with Gasteiger partial charge < -0.3 is 9.64 Å². The zero-order chi connectivity index (χ0) is 19.8. The topological polar surface area (TPSA) is 67.3 Å².